The largest absolute Gasteiger partial charge is 0.393 e. The molecule has 1 saturated heterocycles. The Morgan fingerprint density at radius 3 is 2.47 bits per heavy atom. The molecule has 1 aliphatic rings. The van der Waals surface area contributed by atoms with Gasteiger partial charge < -0.3 is 18.3 Å². The summed E-state index contributed by atoms with van der Waals surface area (Å²) in [6.45, 7) is 10.2. The molecule has 1 fully saturated rings. The fraction of sp³-hybridized carbons (Fsp3) is 1.00. The van der Waals surface area contributed by atoms with Crippen molar-refractivity contribution in [2.45, 2.75) is 45.3 Å². The van der Waals surface area contributed by atoms with Crippen molar-refractivity contribution in [2.24, 2.45) is 0 Å². The fourth-order valence-corrected chi connectivity index (χ4v) is 3.26. The van der Waals surface area contributed by atoms with Gasteiger partial charge in [-0.2, -0.15) is 0 Å². The van der Waals surface area contributed by atoms with E-state index in [-0.39, 0.29) is 0 Å². The minimum atomic E-state index is -1.10. The van der Waals surface area contributed by atoms with Crippen molar-refractivity contribution in [3.05, 3.63) is 0 Å². The van der Waals surface area contributed by atoms with Crippen molar-refractivity contribution < 1.29 is 18.3 Å². The first kappa shape index (κ1) is 15.1. The molecule has 1 rings (SSSR count). The smallest absolute Gasteiger partial charge is 0.387 e. The van der Waals surface area contributed by atoms with Crippen LogP contribution in [0.5, 0.6) is 0 Å². The quantitative estimate of drug-likeness (QED) is 0.324. The number of ether oxygens (including phenoxy) is 2. The maximum absolute atomic E-state index is 5.67. The normalized spacial score (nSPS) is 20.8. The summed E-state index contributed by atoms with van der Waals surface area (Å²) in [5.41, 5.74) is 0.515. The van der Waals surface area contributed by atoms with Crippen LogP contribution in [0.1, 0.15) is 33.6 Å². The van der Waals surface area contributed by atoms with Crippen LogP contribution in [-0.4, -0.2) is 48.4 Å². The lowest BCUT2D eigenvalue weighted by Crippen LogP contribution is -2.28. The Morgan fingerprint density at radius 1 is 1.29 bits per heavy atom. The molecule has 0 aliphatic carbocycles. The molecule has 1 aliphatic heterocycles. The Labute approximate surface area is 106 Å². The molecule has 0 amide bonds. The molecule has 0 aromatic carbocycles. The van der Waals surface area contributed by atoms with Gasteiger partial charge in [0.05, 0.1) is 13.2 Å². The van der Waals surface area contributed by atoms with Gasteiger partial charge in [-0.1, -0.05) is 6.92 Å². The molecule has 2 unspecified atom stereocenters. The molecule has 0 aromatic rings. The number of epoxide rings is 1. The SMILES string of the molecule is CCO[Si](OCC)C(C)CCCOCC1CO1. The van der Waals surface area contributed by atoms with Crippen LogP contribution in [0.25, 0.3) is 0 Å². The third-order valence-corrected chi connectivity index (χ3v) is 4.85. The first-order valence-corrected chi connectivity index (χ1v) is 7.99. The van der Waals surface area contributed by atoms with Gasteiger partial charge in [-0.25, -0.2) is 0 Å². The van der Waals surface area contributed by atoms with Gasteiger partial charge in [0.1, 0.15) is 6.10 Å². The fourth-order valence-electron chi connectivity index (χ4n) is 1.60. The highest BCUT2D eigenvalue weighted by Gasteiger charge is 2.24. The summed E-state index contributed by atoms with van der Waals surface area (Å²) in [6, 6.07) is 0. The lowest BCUT2D eigenvalue weighted by Gasteiger charge is -2.19. The first-order chi connectivity index (χ1) is 8.27. The molecule has 17 heavy (non-hydrogen) atoms. The average Bonchev–Trinajstić information content (AvgIpc) is 3.12. The van der Waals surface area contributed by atoms with E-state index in [1.807, 2.05) is 13.8 Å². The van der Waals surface area contributed by atoms with Gasteiger partial charge in [-0.3, -0.25) is 0 Å². The Balaban J connectivity index is 2.01. The molecular weight excluding hydrogens is 236 g/mol. The van der Waals surface area contributed by atoms with Crippen LogP contribution in [0.4, 0.5) is 0 Å². The first-order valence-electron chi connectivity index (χ1n) is 6.59. The Morgan fingerprint density at radius 2 is 1.94 bits per heavy atom. The van der Waals surface area contributed by atoms with E-state index in [9.17, 15) is 0 Å². The van der Waals surface area contributed by atoms with Gasteiger partial charge in [0.2, 0.25) is 0 Å². The van der Waals surface area contributed by atoms with Crippen molar-refractivity contribution in [1.82, 2.24) is 0 Å². The van der Waals surface area contributed by atoms with Gasteiger partial charge in [0.15, 0.2) is 0 Å². The predicted octanol–water partition coefficient (Wildman–Crippen LogP) is 2.13. The molecule has 0 spiro atoms. The average molecular weight is 261 g/mol. The molecule has 0 saturated carbocycles. The van der Waals surface area contributed by atoms with E-state index in [1.54, 1.807) is 0 Å². The van der Waals surface area contributed by atoms with Gasteiger partial charge in [0, 0.05) is 25.4 Å². The summed E-state index contributed by atoms with van der Waals surface area (Å²) in [5.74, 6) is 0. The highest BCUT2D eigenvalue weighted by Crippen LogP contribution is 2.18. The van der Waals surface area contributed by atoms with Crippen LogP contribution in [0.3, 0.4) is 0 Å². The second-order valence-corrected chi connectivity index (χ2v) is 6.46. The molecule has 1 radical (unpaired) electrons. The topological polar surface area (TPSA) is 40.2 Å². The second-order valence-electron chi connectivity index (χ2n) is 4.26. The third-order valence-electron chi connectivity index (χ3n) is 2.61. The molecule has 0 aromatic heterocycles. The summed E-state index contributed by atoms with van der Waals surface area (Å²) in [6.07, 6.45) is 2.56. The third kappa shape index (κ3) is 7.16. The minimum absolute atomic E-state index is 0.374. The molecule has 2 atom stereocenters. The van der Waals surface area contributed by atoms with Gasteiger partial charge in [0.25, 0.3) is 0 Å². The molecule has 5 heteroatoms. The summed E-state index contributed by atoms with van der Waals surface area (Å²) >= 11 is 0. The van der Waals surface area contributed by atoms with E-state index >= 15 is 0 Å². The Kier molecular flexibility index (Phi) is 8.05. The number of hydrogen-bond acceptors (Lipinski definition) is 4. The molecule has 0 bridgehead atoms. The van der Waals surface area contributed by atoms with Crippen LogP contribution >= 0.6 is 0 Å². The minimum Gasteiger partial charge on any atom is -0.393 e. The lowest BCUT2D eigenvalue weighted by molar-refractivity contribution is 0.112. The summed E-state index contributed by atoms with van der Waals surface area (Å²) in [4.78, 5) is 0. The Bertz CT molecular complexity index is 181. The van der Waals surface area contributed by atoms with E-state index in [4.69, 9.17) is 18.3 Å². The second kappa shape index (κ2) is 9.05. The zero-order chi connectivity index (χ0) is 12.5. The van der Waals surface area contributed by atoms with Crippen LogP contribution in [0.2, 0.25) is 5.54 Å². The van der Waals surface area contributed by atoms with E-state index < -0.39 is 9.28 Å². The maximum atomic E-state index is 5.67. The van der Waals surface area contributed by atoms with Crippen molar-refractivity contribution in [1.29, 1.82) is 0 Å². The molecular formula is C12H25O4Si. The zero-order valence-corrected chi connectivity index (χ0v) is 12.2. The van der Waals surface area contributed by atoms with E-state index in [0.717, 1.165) is 45.9 Å². The summed E-state index contributed by atoms with van der Waals surface area (Å²) in [7, 11) is -1.10. The molecule has 101 valence electrons. The lowest BCUT2D eigenvalue weighted by atomic mass is 10.2. The van der Waals surface area contributed by atoms with Crippen molar-refractivity contribution in [3.8, 4) is 0 Å². The van der Waals surface area contributed by atoms with E-state index in [1.165, 1.54) is 0 Å². The molecule has 1 heterocycles. The van der Waals surface area contributed by atoms with Crippen LogP contribution in [0, 0.1) is 0 Å². The standard InChI is InChI=1S/C12H25O4Si/c1-4-15-17(16-5-2)11(3)7-6-8-13-9-12-10-14-12/h11-12H,4-10H2,1-3H3. The number of rotatable bonds is 11. The molecule has 0 N–H and O–H groups in total. The van der Waals surface area contributed by atoms with Crippen LogP contribution in [0.15, 0.2) is 0 Å². The van der Waals surface area contributed by atoms with Crippen molar-refractivity contribution in [3.63, 3.8) is 0 Å². The zero-order valence-electron chi connectivity index (χ0n) is 11.2. The van der Waals surface area contributed by atoms with Crippen molar-refractivity contribution >= 4 is 9.28 Å². The van der Waals surface area contributed by atoms with Gasteiger partial charge in [-0.05, 0) is 26.7 Å². The van der Waals surface area contributed by atoms with Crippen LogP contribution < -0.4 is 0 Å². The van der Waals surface area contributed by atoms with E-state index in [0.29, 0.717) is 11.6 Å². The number of hydrogen-bond donors (Lipinski definition) is 0. The van der Waals surface area contributed by atoms with Crippen LogP contribution in [-0.2, 0) is 18.3 Å². The van der Waals surface area contributed by atoms with E-state index in [2.05, 4.69) is 6.92 Å². The van der Waals surface area contributed by atoms with Crippen molar-refractivity contribution in [2.75, 3.05) is 33.0 Å². The molecule has 4 nitrogen and oxygen atoms in total. The summed E-state index contributed by atoms with van der Waals surface area (Å²) < 4.78 is 21.9. The highest BCUT2D eigenvalue weighted by molar-refractivity contribution is 6.46. The maximum Gasteiger partial charge on any atom is 0.387 e. The summed E-state index contributed by atoms with van der Waals surface area (Å²) in [5, 5.41) is 0. The Hall–Kier alpha value is 0.0569. The van der Waals surface area contributed by atoms with Gasteiger partial charge >= 0.3 is 9.28 Å². The van der Waals surface area contributed by atoms with Gasteiger partial charge in [-0.15, -0.1) is 0 Å². The monoisotopic (exact) mass is 261 g/mol. The highest BCUT2D eigenvalue weighted by atomic mass is 28.3. The predicted molar refractivity (Wildman–Crippen MR) is 68.2 cm³/mol.